The summed E-state index contributed by atoms with van der Waals surface area (Å²) in [6.45, 7) is 5.36. The van der Waals surface area contributed by atoms with Crippen LogP contribution in [0.3, 0.4) is 0 Å². The molecular weight excluding hydrogens is 228 g/mol. The van der Waals surface area contributed by atoms with Crippen LogP contribution in [-0.4, -0.2) is 42.1 Å². The maximum atomic E-state index is 12.3. The van der Waals surface area contributed by atoms with Gasteiger partial charge in [0.25, 0.3) is 5.91 Å². The van der Waals surface area contributed by atoms with Crippen LogP contribution in [0.1, 0.15) is 28.9 Å². The Hall–Kier alpha value is -1.42. The molecule has 0 radical (unpaired) electrons. The highest BCUT2D eigenvalue weighted by atomic mass is 16.5. The highest BCUT2D eigenvalue weighted by molar-refractivity contribution is 5.94. The lowest BCUT2D eigenvalue weighted by atomic mass is 9.77. The maximum Gasteiger partial charge on any atom is 0.255 e. The third kappa shape index (κ3) is 2.01. The molecule has 2 aliphatic heterocycles. The number of aromatic nitrogens is 1. The van der Waals surface area contributed by atoms with Gasteiger partial charge in [0.1, 0.15) is 0 Å². The molecule has 0 N–H and O–H groups in total. The van der Waals surface area contributed by atoms with Gasteiger partial charge in [-0.1, -0.05) is 0 Å². The Morgan fingerprint density at radius 2 is 2.06 bits per heavy atom. The molecule has 1 spiro atoms. The van der Waals surface area contributed by atoms with E-state index in [1.807, 2.05) is 24.0 Å². The molecule has 18 heavy (non-hydrogen) atoms. The number of rotatable bonds is 1. The van der Waals surface area contributed by atoms with Crippen LogP contribution in [0.15, 0.2) is 18.3 Å². The Balaban J connectivity index is 1.65. The summed E-state index contributed by atoms with van der Waals surface area (Å²) in [5, 5.41) is 0. The van der Waals surface area contributed by atoms with Crippen LogP contribution < -0.4 is 0 Å². The molecule has 0 bridgehead atoms. The van der Waals surface area contributed by atoms with Gasteiger partial charge in [0, 0.05) is 30.4 Å². The lowest BCUT2D eigenvalue weighted by Crippen LogP contribution is -2.52. The van der Waals surface area contributed by atoms with Crippen LogP contribution in [0, 0.1) is 12.3 Å². The van der Waals surface area contributed by atoms with Crippen LogP contribution in [0.4, 0.5) is 0 Å². The van der Waals surface area contributed by atoms with Gasteiger partial charge < -0.3 is 9.64 Å². The van der Waals surface area contributed by atoms with Crippen molar-refractivity contribution in [2.75, 3.05) is 26.3 Å². The molecule has 96 valence electrons. The van der Waals surface area contributed by atoms with Gasteiger partial charge in [-0.25, -0.2) is 0 Å². The summed E-state index contributed by atoms with van der Waals surface area (Å²) in [4.78, 5) is 18.4. The number of hydrogen-bond donors (Lipinski definition) is 0. The van der Waals surface area contributed by atoms with Crippen molar-refractivity contribution >= 4 is 5.91 Å². The predicted octanol–water partition coefficient (Wildman–Crippen LogP) is 1.64. The number of pyridine rings is 1. The van der Waals surface area contributed by atoms with Crippen molar-refractivity contribution in [2.24, 2.45) is 5.41 Å². The van der Waals surface area contributed by atoms with E-state index in [4.69, 9.17) is 4.74 Å². The van der Waals surface area contributed by atoms with Gasteiger partial charge in [-0.15, -0.1) is 0 Å². The third-order valence-corrected chi connectivity index (χ3v) is 4.09. The molecular formula is C14H18N2O2. The van der Waals surface area contributed by atoms with E-state index in [1.54, 1.807) is 6.20 Å². The number of hydrogen-bond acceptors (Lipinski definition) is 3. The molecule has 4 heteroatoms. The average Bonchev–Trinajstić information content (AvgIpc) is 2.37. The summed E-state index contributed by atoms with van der Waals surface area (Å²) in [7, 11) is 0. The number of amides is 1. The second kappa shape index (κ2) is 4.35. The molecule has 2 aliphatic rings. The van der Waals surface area contributed by atoms with Crippen LogP contribution in [-0.2, 0) is 4.74 Å². The summed E-state index contributed by atoms with van der Waals surface area (Å²) in [5.74, 6) is 0.109. The second-order valence-corrected chi connectivity index (χ2v) is 5.47. The zero-order valence-electron chi connectivity index (χ0n) is 10.7. The first-order valence-corrected chi connectivity index (χ1v) is 6.48. The number of aryl methyl sites for hydroxylation is 1. The Labute approximate surface area is 107 Å². The summed E-state index contributed by atoms with van der Waals surface area (Å²) >= 11 is 0. The van der Waals surface area contributed by atoms with Gasteiger partial charge >= 0.3 is 0 Å². The molecule has 0 atom stereocenters. The van der Waals surface area contributed by atoms with E-state index < -0.39 is 0 Å². The van der Waals surface area contributed by atoms with E-state index in [9.17, 15) is 4.79 Å². The smallest absolute Gasteiger partial charge is 0.255 e. The summed E-state index contributed by atoms with van der Waals surface area (Å²) in [6, 6.07) is 3.75. The number of carbonyl (C=O) groups excluding carboxylic acids is 1. The first kappa shape index (κ1) is 11.7. The Kier molecular flexibility index (Phi) is 2.82. The largest absolute Gasteiger partial charge is 0.380 e. The van der Waals surface area contributed by atoms with Crippen LogP contribution in [0.25, 0.3) is 0 Å². The third-order valence-electron chi connectivity index (χ3n) is 4.09. The van der Waals surface area contributed by atoms with Crippen LogP contribution in [0.2, 0.25) is 0 Å². The maximum absolute atomic E-state index is 12.3. The van der Waals surface area contributed by atoms with E-state index >= 15 is 0 Å². The molecule has 3 heterocycles. The summed E-state index contributed by atoms with van der Waals surface area (Å²) in [5.41, 5.74) is 2.01. The lowest BCUT2D eigenvalue weighted by molar-refractivity contribution is -0.136. The van der Waals surface area contributed by atoms with E-state index in [2.05, 4.69) is 4.98 Å². The molecule has 3 rings (SSSR count). The Morgan fingerprint density at radius 1 is 1.33 bits per heavy atom. The fourth-order valence-electron chi connectivity index (χ4n) is 2.64. The average molecular weight is 246 g/mol. The Bertz CT molecular complexity index is 441. The zero-order valence-corrected chi connectivity index (χ0v) is 10.7. The predicted molar refractivity (Wildman–Crippen MR) is 67.4 cm³/mol. The van der Waals surface area contributed by atoms with Gasteiger partial charge in [-0.2, -0.15) is 0 Å². The normalized spacial score (nSPS) is 21.7. The first-order valence-electron chi connectivity index (χ1n) is 6.48. The van der Waals surface area contributed by atoms with Gasteiger partial charge in [0.05, 0.1) is 18.8 Å². The molecule has 0 unspecified atom stereocenters. The standard InChI is InChI=1S/C14H18N2O2/c1-11-2-3-12(8-15-11)13(17)16-6-4-14(5-7-16)9-18-10-14/h2-3,8H,4-7,9-10H2,1H3. The van der Waals surface area contributed by atoms with Gasteiger partial charge in [0.2, 0.25) is 0 Å². The quantitative estimate of drug-likeness (QED) is 0.756. The molecule has 0 aliphatic carbocycles. The SMILES string of the molecule is Cc1ccc(C(=O)N2CCC3(CC2)COC3)cn1. The van der Waals surface area contributed by atoms with E-state index in [0.29, 0.717) is 11.0 Å². The number of carbonyl (C=O) groups is 1. The highest BCUT2D eigenvalue weighted by Crippen LogP contribution is 2.38. The van der Waals surface area contributed by atoms with Crippen molar-refractivity contribution in [1.82, 2.24) is 9.88 Å². The van der Waals surface area contributed by atoms with E-state index in [-0.39, 0.29) is 5.91 Å². The molecule has 1 aromatic heterocycles. The topological polar surface area (TPSA) is 42.4 Å². The lowest BCUT2D eigenvalue weighted by Gasteiger charge is -2.47. The number of piperidine rings is 1. The van der Waals surface area contributed by atoms with Crippen LogP contribution >= 0.6 is 0 Å². The van der Waals surface area contributed by atoms with Crippen LogP contribution in [0.5, 0.6) is 0 Å². The minimum atomic E-state index is 0.109. The minimum Gasteiger partial charge on any atom is -0.380 e. The van der Waals surface area contributed by atoms with Crippen molar-refractivity contribution in [3.63, 3.8) is 0 Å². The van der Waals surface area contributed by atoms with Crippen molar-refractivity contribution in [3.05, 3.63) is 29.6 Å². The highest BCUT2D eigenvalue weighted by Gasteiger charge is 2.42. The molecule has 1 aromatic rings. The fraction of sp³-hybridized carbons (Fsp3) is 0.571. The van der Waals surface area contributed by atoms with Crippen molar-refractivity contribution < 1.29 is 9.53 Å². The van der Waals surface area contributed by atoms with Crippen molar-refractivity contribution in [2.45, 2.75) is 19.8 Å². The number of ether oxygens (including phenoxy) is 1. The van der Waals surface area contributed by atoms with Gasteiger partial charge in [-0.05, 0) is 31.9 Å². The van der Waals surface area contributed by atoms with E-state index in [1.165, 1.54) is 0 Å². The van der Waals surface area contributed by atoms with Gasteiger partial charge in [-0.3, -0.25) is 9.78 Å². The fourth-order valence-corrected chi connectivity index (χ4v) is 2.64. The van der Waals surface area contributed by atoms with Crippen molar-refractivity contribution in [3.8, 4) is 0 Å². The molecule has 0 aromatic carbocycles. The number of nitrogens with zero attached hydrogens (tertiary/aromatic N) is 2. The molecule has 2 fully saturated rings. The molecule has 0 saturated carbocycles. The van der Waals surface area contributed by atoms with Gasteiger partial charge in [0.15, 0.2) is 0 Å². The van der Waals surface area contributed by atoms with E-state index in [0.717, 1.165) is 44.8 Å². The minimum absolute atomic E-state index is 0.109. The molecule has 4 nitrogen and oxygen atoms in total. The monoisotopic (exact) mass is 246 g/mol. The molecule has 1 amide bonds. The second-order valence-electron chi connectivity index (χ2n) is 5.47. The van der Waals surface area contributed by atoms with Crippen molar-refractivity contribution in [1.29, 1.82) is 0 Å². The Morgan fingerprint density at radius 3 is 2.56 bits per heavy atom. The summed E-state index contributed by atoms with van der Waals surface area (Å²) < 4.78 is 5.30. The first-order chi connectivity index (χ1) is 8.69. The number of likely N-dealkylation sites (tertiary alicyclic amines) is 1. The molecule has 2 saturated heterocycles. The summed E-state index contributed by atoms with van der Waals surface area (Å²) in [6.07, 6.45) is 3.81. The zero-order chi connectivity index (χ0) is 12.6.